The van der Waals surface area contributed by atoms with Gasteiger partial charge < -0.3 is 36.4 Å². The summed E-state index contributed by atoms with van der Waals surface area (Å²) in [4.78, 5) is 56.7. The van der Waals surface area contributed by atoms with E-state index in [1.807, 2.05) is 300 Å². The summed E-state index contributed by atoms with van der Waals surface area (Å²) >= 11 is 0. The van der Waals surface area contributed by atoms with Crippen LogP contribution in [0.1, 0.15) is 134 Å². The lowest BCUT2D eigenvalue weighted by Crippen LogP contribution is -2.14. The molecule has 29 heteroatoms. The number of aromatic nitrogens is 22. The van der Waals surface area contributed by atoms with Gasteiger partial charge in [0, 0.05) is 190 Å². The summed E-state index contributed by atoms with van der Waals surface area (Å²) in [5.74, 6) is 3.02. The fourth-order valence-corrected chi connectivity index (χ4v) is 18.4. The summed E-state index contributed by atoms with van der Waals surface area (Å²) < 4.78 is 32.3. The maximum atomic E-state index is 9.27. The summed E-state index contributed by atoms with van der Waals surface area (Å²) in [5, 5.41) is 48.5. The van der Waals surface area contributed by atoms with Crippen molar-refractivity contribution in [3.63, 3.8) is 0 Å². The van der Waals surface area contributed by atoms with E-state index < -0.39 is 0 Å². The van der Waals surface area contributed by atoms with Crippen LogP contribution in [0.25, 0.3) is 133 Å². The highest BCUT2D eigenvalue weighted by Crippen LogP contribution is 2.45. The van der Waals surface area contributed by atoms with Crippen molar-refractivity contribution in [2.24, 2.45) is 7.05 Å². The van der Waals surface area contributed by atoms with Gasteiger partial charge in [-0.15, -0.1) is 0 Å². The van der Waals surface area contributed by atoms with E-state index in [0.29, 0.717) is 16.8 Å². The molecule has 141 heavy (non-hydrogen) atoms. The molecular formula is C112H87N25O4. The Bertz CT molecular complexity index is 8130. The number of hydrogen-bond acceptors (Lipinski definition) is 24. The zero-order chi connectivity index (χ0) is 96.9. The molecule has 0 bridgehead atoms. The summed E-state index contributed by atoms with van der Waals surface area (Å²) in [7, 11) is 1.91. The third kappa shape index (κ3) is 17.8. The molecule has 0 N–H and O–H groups in total. The number of rotatable bonds is 19. The number of benzene rings is 2. The van der Waals surface area contributed by atoms with Crippen molar-refractivity contribution in [1.29, 1.82) is 15.8 Å². The first-order valence-corrected chi connectivity index (χ1v) is 45.4. The zero-order valence-electron chi connectivity index (χ0n) is 78.2. The Morgan fingerprint density at radius 3 is 0.801 bits per heavy atom. The summed E-state index contributed by atoms with van der Waals surface area (Å²) in [6, 6.07) is 74.3. The molecule has 0 fully saturated rings. The van der Waals surface area contributed by atoms with E-state index in [4.69, 9.17) is 63.2 Å². The second kappa shape index (κ2) is 39.1. The average molecular weight is 1850 g/mol. The molecule has 29 nitrogen and oxygen atoms in total. The van der Waals surface area contributed by atoms with E-state index in [9.17, 15) is 10.5 Å². The monoisotopic (exact) mass is 1850 g/mol. The van der Waals surface area contributed by atoms with E-state index in [1.165, 1.54) is 0 Å². The molecule has 0 aliphatic carbocycles. The van der Waals surface area contributed by atoms with Gasteiger partial charge in [0.05, 0.1) is 142 Å². The molecule has 23 aromatic rings. The average Bonchev–Trinajstić information content (AvgIpc) is 1.62. The van der Waals surface area contributed by atoms with Gasteiger partial charge in [0.15, 0.2) is 0 Å². The third-order valence-electron chi connectivity index (χ3n) is 25.0. The molecule has 23 rings (SSSR count). The van der Waals surface area contributed by atoms with Gasteiger partial charge in [-0.1, -0.05) is 87.4 Å². The highest BCUT2D eigenvalue weighted by molar-refractivity contribution is 5.99. The second-order valence-electron chi connectivity index (χ2n) is 34.0. The smallest absolute Gasteiger partial charge is 0.141 e. The molecule has 0 spiro atoms. The van der Waals surface area contributed by atoms with Crippen molar-refractivity contribution in [3.8, 4) is 107 Å². The molecule has 0 unspecified atom stereocenters. The normalized spacial score (nSPS) is 11.5. The molecule has 21 heterocycles. The van der Waals surface area contributed by atoms with Gasteiger partial charge in [-0.2, -0.15) is 20.9 Å². The Kier molecular flexibility index (Phi) is 24.9. The molecule has 0 aliphatic heterocycles. The minimum absolute atomic E-state index is 0.00699. The van der Waals surface area contributed by atoms with E-state index in [0.717, 1.165) is 219 Å². The molecule has 0 saturated heterocycles. The van der Waals surface area contributed by atoms with Crippen LogP contribution >= 0.6 is 0 Å². The van der Waals surface area contributed by atoms with Crippen molar-refractivity contribution < 1.29 is 18.1 Å². The van der Waals surface area contributed by atoms with E-state index in [-0.39, 0.29) is 24.2 Å². The Morgan fingerprint density at radius 1 is 0.270 bits per heavy atom. The topological polar surface area (TPSA) is 368 Å². The van der Waals surface area contributed by atoms with Crippen LogP contribution in [0.5, 0.6) is 0 Å². The van der Waals surface area contributed by atoms with Crippen LogP contribution in [0.4, 0.5) is 0 Å². The Morgan fingerprint density at radius 2 is 0.546 bits per heavy atom. The molecule has 0 radical (unpaired) electrons. The summed E-state index contributed by atoms with van der Waals surface area (Å²) in [6.45, 7) is 17.5. The number of hydrogen-bond donors (Lipinski definition) is 0. The van der Waals surface area contributed by atoms with Gasteiger partial charge in [-0.05, 0) is 219 Å². The second-order valence-corrected chi connectivity index (χ2v) is 34.0. The Balaban J connectivity index is 0.000000115. The van der Waals surface area contributed by atoms with Gasteiger partial charge in [-0.3, -0.25) is 59.5 Å². The summed E-state index contributed by atoms with van der Waals surface area (Å²) in [6.07, 6.45) is 34.0. The van der Waals surface area contributed by atoms with Gasteiger partial charge in [0.1, 0.15) is 52.9 Å². The minimum atomic E-state index is -0.299. The van der Waals surface area contributed by atoms with Crippen LogP contribution in [-0.4, -0.2) is 108 Å². The van der Waals surface area contributed by atoms with Crippen molar-refractivity contribution in [2.75, 3.05) is 0 Å². The lowest BCUT2D eigenvalue weighted by molar-refractivity contribution is 0.393. The lowest BCUT2D eigenvalue weighted by atomic mass is 10.0. The Hall–Kier alpha value is -19.1. The first-order valence-electron chi connectivity index (χ1n) is 45.4. The molecule has 0 aliphatic rings. The zero-order valence-corrected chi connectivity index (χ0v) is 78.2. The van der Waals surface area contributed by atoms with E-state index >= 15 is 0 Å². The van der Waals surface area contributed by atoms with Crippen LogP contribution < -0.4 is 0 Å². The van der Waals surface area contributed by atoms with Gasteiger partial charge in [0.25, 0.3) is 0 Å². The lowest BCUT2D eigenvalue weighted by Gasteiger charge is -2.19. The van der Waals surface area contributed by atoms with E-state index in [1.54, 1.807) is 41.7 Å². The van der Waals surface area contributed by atoms with Crippen LogP contribution in [0.2, 0.25) is 0 Å². The SMILES string of the molecule is Cc1noc(C)c1-c1cnc2c(-c3ccc(C#N)cc3)cn(C(c3ccccn3)c3ccccn3)c2c1.Cc1noc(C)c1-c1cnc2c(-c3ccc(C#N)cc3)cn([C@@H](C)c3ccccn3)c2c1.Cc1noc(C)c1-c1cnc2c(-c3ccc(C#N)nc3)cn(C(c3ccccn3)c3ccccn3)c2c1.Cc1noc(C)c1-c1cnc2c(-c3cnn(C)c3)cn(C(c3ccccn3)c3ccccn3)c2c1. The number of nitriles is 3. The number of pyridine rings is 12. The van der Waals surface area contributed by atoms with Crippen molar-refractivity contribution in [1.82, 2.24) is 108 Å². The predicted octanol–water partition coefficient (Wildman–Crippen LogP) is 22.9. The number of fused-ring (bicyclic) bond motifs is 4. The van der Waals surface area contributed by atoms with Gasteiger partial charge in [-0.25, -0.2) is 4.98 Å². The maximum absolute atomic E-state index is 9.27. The fraction of sp³-hybridized carbons (Fsp3) is 0.125. The van der Waals surface area contributed by atoms with Crippen LogP contribution in [-0.2, 0) is 7.05 Å². The van der Waals surface area contributed by atoms with Crippen LogP contribution in [0, 0.1) is 89.4 Å². The maximum Gasteiger partial charge on any atom is 0.141 e. The third-order valence-corrected chi connectivity index (χ3v) is 25.0. The fourth-order valence-electron chi connectivity index (χ4n) is 18.4. The largest absolute Gasteiger partial charge is 0.361 e. The van der Waals surface area contributed by atoms with Crippen molar-refractivity contribution in [3.05, 3.63) is 426 Å². The standard InChI is InChI=1S/C30H22N6O.C29H21N7O.C27H23N7O.C26H21N5O/c1-19-28(20(2)37-35-19)23-15-27-29(34-17-23)24(22-11-9-21(16-31)10-12-22)18-36(27)30(25-7-3-5-13-32-25)26-8-4-6-14-33-26;1-18-27(19(2)37-35-18)21-13-26-28(34-16-21)23(20-9-10-22(14-30)33-15-20)17-36(26)29(24-7-3-5-11-31-24)25-8-4-6-12-32-25;1-17-25(18(2)35-32-17)19-12-24-26(30-13-19)21(20-14-31-33(3)15-20)16-34(24)27(22-8-4-6-10-28-22)23-9-5-7-11-29-23;1-16-25(18(3)32-30-16)21-12-24-26(29-14-21)22(20-9-7-19(13-27)8-10-20)15-31(24)17(2)23-6-4-5-11-28-23/h3-15,17-18,30H,1-2H3;3-13,15-17,29H,1-2H3;4-16,27H,1-3H3;4-12,14-15,17H,1-3H3/t;;;17-/m...0/s1. The van der Waals surface area contributed by atoms with Crippen molar-refractivity contribution >= 4 is 44.1 Å². The van der Waals surface area contributed by atoms with Crippen LogP contribution in [0.3, 0.4) is 0 Å². The molecular weight excluding hydrogens is 1760 g/mol. The Labute approximate surface area is 808 Å². The van der Waals surface area contributed by atoms with Gasteiger partial charge in [0.2, 0.25) is 0 Å². The predicted molar refractivity (Wildman–Crippen MR) is 534 cm³/mol. The first kappa shape index (κ1) is 89.8. The molecule has 21 aromatic heterocycles. The van der Waals surface area contributed by atoms with E-state index in [2.05, 4.69) is 138 Å². The molecule has 0 saturated carbocycles. The number of nitrogens with zero attached hydrogens (tertiary/aromatic N) is 25. The minimum Gasteiger partial charge on any atom is -0.361 e. The molecule has 684 valence electrons. The van der Waals surface area contributed by atoms with Crippen molar-refractivity contribution in [2.45, 2.75) is 86.5 Å². The molecule has 0 amide bonds. The molecule has 1 atom stereocenters. The summed E-state index contributed by atoms with van der Waals surface area (Å²) in [5.41, 5.74) is 33.6. The quantitative estimate of drug-likeness (QED) is 0.0725. The van der Waals surface area contributed by atoms with Gasteiger partial charge >= 0.3 is 0 Å². The highest BCUT2D eigenvalue weighted by Gasteiger charge is 2.31. The highest BCUT2D eigenvalue weighted by atomic mass is 16.5. The molecule has 2 aromatic carbocycles. The first-order chi connectivity index (χ1) is 68.9. The van der Waals surface area contributed by atoms with Crippen LogP contribution in [0.15, 0.2) is 342 Å². The number of aryl methyl sites for hydroxylation is 9.